The van der Waals surface area contributed by atoms with Crippen LogP contribution in [0.5, 0.6) is 0 Å². The molecule has 2 N–H and O–H groups in total. The molecule has 0 aliphatic heterocycles. The number of rotatable bonds is 7. The Morgan fingerprint density at radius 1 is 1.16 bits per heavy atom. The number of hydrogen-bond donors (Lipinski definition) is 2. The Kier molecular flexibility index (Phi) is 4.64. The molecule has 102 valence electrons. The third kappa shape index (κ3) is 4.80. The molecule has 6 nitrogen and oxygen atoms in total. The molecule has 19 heavy (non-hydrogen) atoms. The molecule has 0 bridgehead atoms. The number of nitrogens with one attached hydrogen (secondary N) is 2. The number of aryl methyl sites for hydroxylation is 1. The lowest BCUT2D eigenvalue weighted by molar-refractivity contribution is 0.580. The normalized spacial score (nSPS) is 11.6. The second kappa shape index (κ2) is 6.44. The van der Waals surface area contributed by atoms with Crippen molar-refractivity contribution < 1.29 is 8.42 Å². The number of aromatic amines is 1. The van der Waals surface area contributed by atoms with E-state index in [-0.39, 0.29) is 5.75 Å². The van der Waals surface area contributed by atoms with Crippen molar-refractivity contribution in [3.63, 3.8) is 0 Å². The SMILES string of the molecule is O=S(=O)(CCc1ccncc1)NCCc1ncc[nH]1. The van der Waals surface area contributed by atoms with Crippen LogP contribution in [-0.4, -0.2) is 35.7 Å². The van der Waals surface area contributed by atoms with E-state index in [1.54, 1.807) is 24.8 Å². The Morgan fingerprint density at radius 2 is 1.95 bits per heavy atom. The first-order valence-electron chi connectivity index (χ1n) is 6.00. The van der Waals surface area contributed by atoms with E-state index >= 15 is 0 Å². The van der Waals surface area contributed by atoms with Crippen molar-refractivity contribution in [1.82, 2.24) is 19.7 Å². The molecule has 2 heterocycles. The van der Waals surface area contributed by atoms with Crippen LogP contribution in [0.15, 0.2) is 36.9 Å². The van der Waals surface area contributed by atoms with Crippen LogP contribution in [0, 0.1) is 0 Å². The van der Waals surface area contributed by atoms with Gasteiger partial charge in [0.2, 0.25) is 10.0 Å². The second-order valence-corrected chi connectivity index (χ2v) is 6.03. The van der Waals surface area contributed by atoms with Gasteiger partial charge < -0.3 is 4.98 Å². The van der Waals surface area contributed by atoms with Crippen molar-refractivity contribution >= 4 is 10.0 Å². The molecular weight excluding hydrogens is 264 g/mol. The highest BCUT2D eigenvalue weighted by atomic mass is 32.2. The number of pyridine rings is 1. The fraction of sp³-hybridized carbons (Fsp3) is 0.333. The number of aromatic nitrogens is 3. The maximum Gasteiger partial charge on any atom is 0.211 e. The van der Waals surface area contributed by atoms with Crippen molar-refractivity contribution in [2.45, 2.75) is 12.8 Å². The molecule has 0 aromatic carbocycles. The van der Waals surface area contributed by atoms with Crippen molar-refractivity contribution in [2.75, 3.05) is 12.3 Å². The molecular formula is C12H16N4O2S. The Hall–Kier alpha value is -1.73. The molecule has 0 amide bonds. The zero-order chi connectivity index (χ0) is 13.6. The quantitative estimate of drug-likeness (QED) is 0.773. The van der Waals surface area contributed by atoms with E-state index < -0.39 is 10.0 Å². The molecule has 2 rings (SSSR count). The van der Waals surface area contributed by atoms with Crippen LogP contribution in [0.2, 0.25) is 0 Å². The first-order chi connectivity index (χ1) is 9.16. The topological polar surface area (TPSA) is 87.7 Å². The summed E-state index contributed by atoms with van der Waals surface area (Å²) < 4.78 is 26.1. The van der Waals surface area contributed by atoms with Crippen LogP contribution in [0.1, 0.15) is 11.4 Å². The summed E-state index contributed by atoms with van der Waals surface area (Å²) in [6.07, 6.45) is 7.72. The zero-order valence-corrected chi connectivity index (χ0v) is 11.2. The van der Waals surface area contributed by atoms with E-state index in [0.717, 1.165) is 11.4 Å². The van der Waals surface area contributed by atoms with E-state index in [4.69, 9.17) is 0 Å². The molecule has 0 saturated heterocycles. The van der Waals surface area contributed by atoms with Gasteiger partial charge >= 0.3 is 0 Å². The molecule has 0 atom stereocenters. The molecule has 7 heteroatoms. The van der Waals surface area contributed by atoms with Gasteiger partial charge in [-0.3, -0.25) is 4.98 Å². The van der Waals surface area contributed by atoms with Gasteiger partial charge in [-0.05, 0) is 24.1 Å². The van der Waals surface area contributed by atoms with E-state index in [0.29, 0.717) is 19.4 Å². The third-order valence-corrected chi connectivity index (χ3v) is 4.03. The van der Waals surface area contributed by atoms with Crippen molar-refractivity contribution in [2.24, 2.45) is 0 Å². The molecule has 2 aromatic rings. The van der Waals surface area contributed by atoms with Gasteiger partial charge in [0.05, 0.1) is 5.75 Å². The minimum atomic E-state index is -3.25. The minimum absolute atomic E-state index is 0.0785. The van der Waals surface area contributed by atoms with Gasteiger partial charge in [-0.2, -0.15) is 0 Å². The van der Waals surface area contributed by atoms with Gasteiger partial charge in [0.25, 0.3) is 0 Å². The largest absolute Gasteiger partial charge is 0.349 e. The predicted molar refractivity (Wildman–Crippen MR) is 72.0 cm³/mol. The Bertz CT molecular complexity index is 581. The zero-order valence-electron chi connectivity index (χ0n) is 10.4. The molecule has 0 aliphatic rings. The highest BCUT2D eigenvalue weighted by Crippen LogP contribution is 2.00. The van der Waals surface area contributed by atoms with Crippen LogP contribution in [0.4, 0.5) is 0 Å². The lowest BCUT2D eigenvalue weighted by Gasteiger charge is -2.05. The second-order valence-electron chi connectivity index (χ2n) is 4.10. The minimum Gasteiger partial charge on any atom is -0.349 e. The molecule has 0 saturated carbocycles. The van der Waals surface area contributed by atoms with Gasteiger partial charge in [-0.25, -0.2) is 18.1 Å². The molecule has 2 aromatic heterocycles. The maximum absolute atomic E-state index is 11.8. The molecule has 0 radical (unpaired) electrons. The summed E-state index contributed by atoms with van der Waals surface area (Å²) in [7, 11) is -3.25. The van der Waals surface area contributed by atoms with E-state index in [1.807, 2.05) is 12.1 Å². The highest BCUT2D eigenvalue weighted by molar-refractivity contribution is 7.89. The number of sulfonamides is 1. The first kappa shape index (κ1) is 13.7. The van der Waals surface area contributed by atoms with Gasteiger partial charge in [-0.1, -0.05) is 0 Å². The van der Waals surface area contributed by atoms with Crippen LogP contribution < -0.4 is 4.72 Å². The number of H-pyrrole nitrogens is 1. The van der Waals surface area contributed by atoms with E-state index in [1.165, 1.54) is 0 Å². The van der Waals surface area contributed by atoms with Gasteiger partial charge in [0.15, 0.2) is 0 Å². The van der Waals surface area contributed by atoms with Gasteiger partial charge in [0.1, 0.15) is 5.82 Å². The molecule has 0 aliphatic carbocycles. The molecule has 0 fully saturated rings. The fourth-order valence-electron chi connectivity index (χ4n) is 1.63. The first-order valence-corrected chi connectivity index (χ1v) is 7.65. The number of imidazole rings is 1. The predicted octanol–water partition coefficient (Wildman–Crippen LogP) is 0.509. The van der Waals surface area contributed by atoms with Crippen LogP contribution in [0.3, 0.4) is 0 Å². The Balaban J connectivity index is 1.76. The summed E-state index contributed by atoms with van der Waals surface area (Å²) in [4.78, 5) is 10.9. The van der Waals surface area contributed by atoms with E-state index in [2.05, 4.69) is 19.7 Å². The average molecular weight is 280 g/mol. The summed E-state index contributed by atoms with van der Waals surface area (Å²) in [5.41, 5.74) is 0.964. The summed E-state index contributed by atoms with van der Waals surface area (Å²) in [5.74, 6) is 0.853. The molecule has 0 unspecified atom stereocenters. The maximum atomic E-state index is 11.8. The Morgan fingerprint density at radius 3 is 2.63 bits per heavy atom. The fourth-order valence-corrected chi connectivity index (χ4v) is 2.70. The summed E-state index contributed by atoms with van der Waals surface area (Å²) in [6.45, 7) is 0.353. The monoisotopic (exact) mass is 280 g/mol. The lowest BCUT2D eigenvalue weighted by atomic mass is 10.2. The average Bonchev–Trinajstić information content (AvgIpc) is 2.91. The standard InChI is InChI=1S/C12H16N4O2S/c17-19(18,10-4-11-1-5-13-6-2-11)16-7-3-12-14-8-9-15-12/h1-2,5-6,8-9,16H,3-4,7,10H2,(H,14,15). The van der Waals surface area contributed by atoms with Crippen LogP contribution in [-0.2, 0) is 22.9 Å². The lowest BCUT2D eigenvalue weighted by Crippen LogP contribution is -2.29. The van der Waals surface area contributed by atoms with Crippen LogP contribution in [0.25, 0.3) is 0 Å². The van der Waals surface area contributed by atoms with E-state index in [9.17, 15) is 8.42 Å². The van der Waals surface area contributed by atoms with Crippen molar-refractivity contribution in [1.29, 1.82) is 0 Å². The summed E-state index contributed by atoms with van der Waals surface area (Å²) in [5, 5.41) is 0. The van der Waals surface area contributed by atoms with Crippen molar-refractivity contribution in [3.05, 3.63) is 48.3 Å². The smallest absolute Gasteiger partial charge is 0.211 e. The molecule has 0 spiro atoms. The number of hydrogen-bond acceptors (Lipinski definition) is 4. The van der Waals surface area contributed by atoms with Crippen molar-refractivity contribution in [3.8, 4) is 0 Å². The summed E-state index contributed by atoms with van der Waals surface area (Å²) >= 11 is 0. The van der Waals surface area contributed by atoms with Gasteiger partial charge in [-0.15, -0.1) is 0 Å². The third-order valence-electron chi connectivity index (χ3n) is 2.65. The number of nitrogens with zero attached hydrogens (tertiary/aromatic N) is 2. The Labute approximate surface area is 112 Å². The summed E-state index contributed by atoms with van der Waals surface area (Å²) in [6, 6.07) is 3.64. The highest BCUT2D eigenvalue weighted by Gasteiger charge is 2.10. The van der Waals surface area contributed by atoms with Crippen LogP contribution >= 0.6 is 0 Å². The van der Waals surface area contributed by atoms with Gasteiger partial charge in [0, 0.05) is 37.8 Å².